The first-order valence-electron chi connectivity index (χ1n) is 8.77. The number of carbonyl (C=O) groups excluding carboxylic acids is 1. The molecule has 0 bridgehead atoms. The van der Waals surface area contributed by atoms with Gasteiger partial charge in [0.15, 0.2) is 11.0 Å². The smallest absolute Gasteiger partial charge is 0.225 e. The number of rotatable bonds is 3. The van der Waals surface area contributed by atoms with Crippen LogP contribution in [-0.2, 0) is 4.79 Å². The highest BCUT2D eigenvalue weighted by Gasteiger charge is 2.28. The Labute approximate surface area is 142 Å². The van der Waals surface area contributed by atoms with Crippen LogP contribution in [0.15, 0.2) is 12.1 Å². The van der Waals surface area contributed by atoms with Crippen molar-refractivity contribution in [3.8, 4) is 0 Å². The highest BCUT2D eigenvalue weighted by molar-refractivity contribution is 6.29. The van der Waals surface area contributed by atoms with Gasteiger partial charge in [0.2, 0.25) is 5.91 Å². The fourth-order valence-corrected chi connectivity index (χ4v) is 3.72. The van der Waals surface area contributed by atoms with Gasteiger partial charge in [0, 0.05) is 19.1 Å². The number of hydrogen-bond acceptors (Lipinski definition) is 4. The molecule has 1 aliphatic heterocycles. The number of nitrogens with zero attached hydrogens (tertiary/aromatic N) is 3. The number of amides is 1. The summed E-state index contributed by atoms with van der Waals surface area (Å²) in [4.78, 5) is 14.8. The predicted octanol–water partition coefficient (Wildman–Crippen LogP) is 3.19. The Morgan fingerprint density at radius 3 is 2.57 bits per heavy atom. The third kappa shape index (κ3) is 4.56. The topological polar surface area (TPSA) is 58.1 Å². The lowest BCUT2D eigenvalue weighted by Gasteiger charge is -2.33. The number of carbonyl (C=O) groups is 1. The van der Waals surface area contributed by atoms with Gasteiger partial charge in [-0.15, -0.1) is 10.2 Å². The average Bonchev–Trinajstić information content (AvgIpc) is 2.84. The third-order valence-electron chi connectivity index (χ3n) is 4.94. The van der Waals surface area contributed by atoms with Crippen LogP contribution in [0.5, 0.6) is 0 Å². The quantitative estimate of drug-likeness (QED) is 0.861. The summed E-state index contributed by atoms with van der Waals surface area (Å²) in [5.41, 5.74) is 0. The van der Waals surface area contributed by atoms with Crippen molar-refractivity contribution in [3.63, 3.8) is 0 Å². The summed E-state index contributed by atoms with van der Waals surface area (Å²) >= 11 is 5.80. The van der Waals surface area contributed by atoms with E-state index in [4.69, 9.17) is 11.6 Å². The van der Waals surface area contributed by atoms with Crippen molar-refractivity contribution < 1.29 is 4.79 Å². The van der Waals surface area contributed by atoms with E-state index >= 15 is 0 Å². The van der Waals surface area contributed by atoms with Crippen molar-refractivity contribution >= 4 is 23.3 Å². The van der Waals surface area contributed by atoms with E-state index in [0.29, 0.717) is 11.2 Å². The monoisotopic (exact) mass is 336 g/mol. The minimum Gasteiger partial charge on any atom is -0.354 e. The summed E-state index contributed by atoms with van der Waals surface area (Å²) in [5, 5.41) is 11.7. The molecule has 0 aromatic carbocycles. The Kier molecular flexibility index (Phi) is 5.70. The molecule has 1 aromatic rings. The number of piperidine rings is 1. The molecule has 126 valence electrons. The molecular weight excluding hydrogens is 312 g/mol. The zero-order valence-electron chi connectivity index (χ0n) is 13.5. The van der Waals surface area contributed by atoms with Gasteiger partial charge in [-0.2, -0.15) is 0 Å². The summed E-state index contributed by atoms with van der Waals surface area (Å²) in [6, 6.07) is 4.00. The van der Waals surface area contributed by atoms with E-state index < -0.39 is 0 Å². The van der Waals surface area contributed by atoms with Gasteiger partial charge in [-0.3, -0.25) is 4.79 Å². The van der Waals surface area contributed by atoms with Crippen molar-refractivity contribution in [2.45, 2.75) is 57.4 Å². The van der Waals surface area contributed by atoms with Crippen LogP contribution >= 0.6 is 11.6 Å². The zero-order chi connectivity index (χ0) is 16.1. The summed E-state index contributed by atoms with van der Waals surface area (Å²) in [5.74, 6) is 1.06. The Bertz CT molecular complexity index is 514. The van der Waals surface area contributed by atoms with Crippen LogP contribution in [0.2, 0.25) is 5.15 Å². The molecule has 1 aliphatic carbocycles. The fourth-order valence-electron chi connectivity index (χ4n) is 3.62. The van der Waals surface area contributed by atoms with E-state index in [-0.39, 0.29) is 11.8 Å². The fraction of sp³-hybridized carbons (Fsp3) is 0.706. The number of anilines is 1. The lowest BCUT2D eigenvalue weighted by atomic mass is 9.96. The van der Waals surface area contributed by atoms with E-state index in [1.165, 1.54) is 25.7 Å². The Morgan fingerprint density at radius 2 is 1.87 bits per heavy atom. The second-order valence-electron chi connectivity index (χ2n) is 6.70. The van der Waals surface area contributed by atoms with Crippen LogP contribution in [0.1, 0.15) is 51.4 Å². The molecule has 1 saturated carbocycles. The summed E-state index contributed by atoms with van der Waals surface area (Å²) in [6.45, 7) is 1.64. The molecule has 23 heavy (non-hydrogen) atoms. The Hall–Kier alpha value is -1.36. The van der Waals surface area contributed by atoms with Gasteiger partial charge >= 0.3 is 0 Å². The molecule has 2 aliphatic rings. The first-order valence-corrected chi connectivity index (χ1v) is 9.15. The molecule has 2 heterocycles. The van der Waals surface area contributed by atoms with Crippen LogP contribution in [-0.4, -0.2) is 35.2 Å². The molecule has 2 fully saturated rings. The molecule has 5 nitrogen and oxygen atoms in total. The lowest BCUT2D eigenvalue weighted by Crippen LogP contribution is -2.46. The molecule has 1 N–H and O–H groups in total. The molecule has 0 spiro atoms. The molecule has 1 aromatic heterocycles. The highest BCUT2D eigenvalue weighted by atomic mass is 35.5. The maximum Gasteiger partial charge on any atom is 0.225 e. The zero-order valence-corrected chi connectivity index (χ0v) is 14.3. The molecule has 6 heteroatoms. The number of halogens is 1. The normalized spacial score (nSPS) is 23.3. The van der Waals surface area contributed by atoms with E-state index in [2.05, 4.69) is 20.4 Å². The van der Waals surface area contributed by atoms with Crippen LogP contribution < -0.4 is 10.2 Å². The van der Waals surface area contributed by atoms with Crippen molar-refractivity contribution in [2.75, 3.05) is 18.0 Å². The minimum atomic E-state index is 0.0458. The van der Waals surface area contributed by atoms with Gasteiger partial charge in [-0.1, -0.05) is 37.3 Å². The largest absolute Gasteiger partial charge is 0.354 e. The van der Waals surface area contributed by atoms with Crippen molar-refractivity contribution in [1.29, 1.82) is 0 Å². The van der Waals surface area contributed by atoms with Crippen LogP contribution in [0.4, 0.5) is 5.82 Å². The standard InChI is InChI=1S/C17H25ClN4O/c18-15-9-10-16(21-20-15)22-11-5-6-13(12-22)17(23)19-14-7-3-1-2-4-8-14/h9-10,13-14H,1-8,11-12H2,(H,19,23). The van der Waals surface area contributed by atoms with Gasteiger partial charge in [0.25, 0.3) is 0 Å². The SMILES string of the molecule is O=C(NC1CCCCCC1)C1CCCN(c2ccc(Cl)nn2)C1. The van der Waals surface area contributed by atoms with E-state index in [1.807, 2.05) is 6.07 Å². The molecule has 1 unspecified atom stereocenters. The molecule has 0 radical (unpaired) electrons. The predicted molar refractivity (Wildman–Crippen MR) is 91.6 cm³/mol. The van der Waals surface area contributed by atoms with Gasteiger partial charge in [0.1, 0.15) is 0 Å². The molecule has 1 saturated heterocycles. The second kappa shape index (κ2) is 7.95. The lowest BCUT2D eigenvalue weighted by molar-refractivity contribution is -0.126. The van der Waals surface area contributed by atoms with E-state index in [9.17, 15) is 4.79 Å². The molecule has 1 atom stereocenters. The number of nitrogens with one attached hydrogen (secondary N) is 1. The summed E-state index contributed by atoms with van der Waals surface area (Å²) in [7, 11) is 0. The van der Waals surface area contributed by atoms with E-state index in [1.54, 1.807) is 6.07 Å². The molecular formula is C17H25ClN4O. The Balaban J connectivity index is 1.56. The van der Waals surface area contributed by atoms with Crippen LogP contribution in [0.3, 0.4) is 0 Å². The first-order chi connectivity index (χ1) is 11.2. The van der Waals surface area contributed by atoms with Gasteiger partial charge in [-0.25, -0.2) is 0 Å². The average molecular weight is 337 g/mol. The Morgan fingerprint density at radius 1 is 1.09 bits per heavy atom. The molecule has 1 amide bonds. The van der Waals surface area contributed by atoms with Gasteiger partial charge < -0.3 is 10.2 Å². The van der Waals surface area contributed by atoms with Gasteiger partial charge in [0.05, 0.1) is 5.92 Å². The number of aromatic nitrogens is 2. The highest BCUT2D eigenvalue weighted by Crippen LogP contribution is 2.23. The minimum absolute atomic E-state index is 0.0458. The maximum absolute atomic E-state index is 12.6. The maximum atomic E-state index is 12.6. The van der Waals surface area contributed by atoms with Crippen molar-refractivity contribution in [2.24, 2.45) is 5.92 Å². The summed E-state index contributed by atoms with van der Waals surface area (Å²) < 4.78 is 0. The van der Waals surface area contributed by atoms with Crippen molar-refractivity contribution in [1.82, 2.24) is 15.5 Å². The third-order valence-corrected chi connectivity index (χ3v) is 5.14. The molecule has 3 rings (SSSR count). The van der Waals surface area contributed by atoms with Gasteiger partial charge in [-0.05, 0) is 37.8 Å². The number of hydrogen-bond donors (Lipinski definition) is 1. The first kappa shape index (κ1) is 16.5. The van der Waals surface area contributed by atoms with Crippen LogP contribution in [0.25, 0.3) is 0 Å². The van der Waals surface area contributed by atoms with Crippen LogP contribution in [0, 0.1) is 5.92 Å². The van der Waals surface area contributed by atoms with E-state index in [0.717, 1.165) is 44.6 Å². The second-order valence-corrected chi connectivity index (χ2v) is 7.08. The summed E-state index contributed by atoms with van der Waals surface area (Å²) in [6.07, 6.45) is 9.31. The van der Waals surface area contributed by atoms with Crippen molar-refractivity contribution in [3.05, 3.63) is 17.3 Å².